The molecular formula is C14H19N3O. The van der Waals surface area contributed by atoms with Gasteiger partial charge in [0, 0.05) is 5.69 Å². The van der Waals surface area contributed by atoms with Gasteiger partial charge in [0.15, 0.2) is 0 Å². The van der Waals surface area contributed by atoms with Crippen LogP contribution in [0.3, 0.4) is 0 Å². The lowest BCUT2D eigenvalue weighted by Gasteiger charge is -2.07. The zero-order valence-electron chi connectivity index (χ0n) is 11.3. The molecule has 0 unspecified atom stereocenters. The van der Waals surface area contributed by atoms with Gasteiger partial charge in [0.05, 0.1) is 29.4 Å². The maximum Gasteiger partial charge on any atom is 0.0931 e. The summed E-state index contributed by atoms with van der Waals surface area (Å²) in [6.07, 6.45) is 2.20. The molecule has 0 bridgehead atoms. The summed E-state index contributed by atoms with van der Waals surface area (Å²) in [6, 6.07) is 3.77. The Bertz CT molecular complexity index is 541. The van der Waals surface area contributed by atoms with Crippen LogP contribution in [0.1, 0.15) is 42.6 Å². The fourth-order valence-corrected chi connectivity index (χ4v) is 2.21. The van der Waals surface area contributed by atoms with Crippen molar-refractivity contribution in [3.8, 4) is 5.69 Å². The van der Waals surface area contributed by atoms with Crippen LogP contribution in [-0.4, -0.2) is 19.9 Å². The van der Waals surface area contributed by atoms with E-state index in [0.29, 0.717) is 5.69 Å². The second-order valence-electron chi connectivity index (χ2n) is 4.53. The van der Waals surface area contributed by atoms with E-state index in [1.807, 2.05) is 23.7 Å². The standard InChI is InChI=1S/C14H19N3O/c1-5-13-9(2)16-17(10(13)3)12-6-7-14(11(4)18)15-8-12/h6-8,11,18H,5H2,1-4H3/t11-/m0/s1. The highest BCUT2D eigenvalue weighted by atomic mass is 16.3. The molecule has 0 amide bonds. The molecule has 96 valence electrons. The van der Waals surface area contributed by atoms with Gasteiger partial charge in [-0.25, -0.2) is 4.68 Å². The van der Waals surface area contributed by atoms with E-state index in [2.05, 4.69) is 23.9 Å². The smallest absolute Gasteiger partial charge is 0.0931 e. The van der Waals surface area contributed by atoms with Gasteiger partial charge in [0.25, 0.3) is 0 Å². The Hall–Kier alpha value is -1.68. The molecule has 2 heterocycles. The maximum atomic E-state index is 9.44. The molecule has 4 nitrogen and oxygen atoms in total. The molecule has 1 N–H and O–H groups in total. The lowest BCUT2D eigenvalue weighted by atomic mass is 10.1. The van der Waals surface area contributed by atoms with Crippen LogP contribution in [0.4, 0.5) is 0 Å². The zero-order chi connectivity index (χ0) is 13.3. The third-order valence-corrected chi connectivity index (χ3v) is 3.24. The van der Waals surface area contributed by atoms with Gasteiger partial charge in [-0.3, -0.25) is 4.98 Å². The Morgan fingerprint density at radius 2 is 2.06 bits per heavy atom. The van der Waals surface area contributed by atoms with Crippen molar-refractivity contribution < 1.29 is 5.11 Å². The Morgan fingerprint density at radius 1 is 1.33 bits per heavy atom. The van der Waals surface area contributed by atoms with Gasteiger partial charge in [-0.05, 0) is 44.9 Å². The van der Waals surface area contributed by atoms with E-state index in [1.165, 1.54) is 5.56 Å². The topological polar surface area (TPSA) is 50.9 Å². The van der Waals surface area contributed by atoms with E-state index in [4.69, 9.17) is 0 Å². The van der Waals surface area contributed by atoms with Crippen LogP contribution in [0.2, 0.25) is 0 Å². The lowest BCUT2D eigenvalue weighted by Crippen LogP contribution is -2.02. The van der Waals surface area contributed by atoms with Crippen LogP contribution < -0.4 is 0 Å². The third kappa shape index (κ3) is 2.16. The molecule has 4 heteroatoms. The van der Waals surface area contributed by atoms with Gasteiger partial charge in [-0.15, -0.1) is 0 Å². The number of hydrogen-bond donors (Lipinski definition) is 1. The van der Waals surface area contributed by atoms with E-state index in [-0.39, 0.29) is 0 Å². The molecule has 0 aliphatic carbocycles. The van der Waals surface area contributed by atoms with E-state index in [0.717, 1.165) is 23.5 Å². The summed E-state index contributed by atoms with van der Waals surface area (Å²) in [6.45, 7) is 7.94. The maximum absolute atomic E-state index is 9.44. The normalized spacial score (nSPS) is 12.7. The average Bonchev–Trinajstić information content (AvgIpc) is 2.64. The molecule has 1 atom stereocenters. The predicted octanol–water partition coefficient (Wildman–Crippen LogP) is 2.50. The predicted molar refractivity (Wildman–Crippen MR) is 70.8 cm³/mol. The first kappa shape index (κ1) is 12.8. The van der Waals surface area contributed by atoms with Crippen LogP contribution in [0.15, 0.2) is 18.3 Å². The Labute approximate surface area is 107 Å². The average molecular weight is 245 g/mol. The second-order valence-corrected chi connectivity index (χ2v) is 4.53. The van der Waals surface area contributed by atoms with Crippen LogP contribution in [0, 0.1) is 13.8 Å². The monoisotopic (exact) mass is 245 g/mol. The second kappa shape index (κ2) is 4.90. The number of aromatic nitrogens is 3. The first-order chi connectivity index (χ1) is 8.54. The van der Waals surface area contributed by atoms with Crippen molar-refractivity contribution in [2.75, 3.05) is 0 Å². The summed E-state index contributed by atoms with van der Waals surface area (Å²) in [5.41, 5.74) is 5.11. The number of aliphatic hydroxyl groups excluding tert-OH is 1. The first-order valence-corrected chi connectivity index (χ1v) is 6.24. The van der Waals surface area contributed by atoms with Crippen molar-refractivity contribution >= 4 is 0 Å². The molecule has 2 rings (SSSR count). The lowest BCUT2D eigenvalue weighted by molar-refractivity contribution is 0.194. The van der Waals surface area contributed by atoms with E-state index in [9.17, 15) is 5.11 Å². The molecule has 0 spiro atoms. The minimum atomic E-state index is -0.536. The summed E-state index contributed by atoms with van der Waals surface area (Å²) < 4.78 is 1.91. The SMILES string of the molecule is CCc1c(C)nn(-c2ccc([C@H](C)O)nc2)c1C. The summed E-state index contributed by atoms with van der Waals surface area (Å²) in [5.74, 6) is 0. The summed E-state index contributed by atoms with van der Waals surface area (Å²) >= 11 is 0. The van der Waals surface area contributed by atoms with Gasteiger partial charge in [0.1, 0.15) is 0 Å². The minimum Gasteiger partial charge on any atom is -0.387 e. The first-order valence-electron chi connectivity index (χ1n) is 6.24. The van der Waals surface area contributed by atoms with Gasteiger partial charge >= 0.3 is 0 Å². The Balaban J connectivity index is 2.43. The fraction of sp³-hybridized carbons (Fsp3) is 0.429. The number of hydrogen-bond acceptors (Lipinski definition) is 3. The quantitative estimate of drug-likeness (QED) is 0.904. The van der Waals surface area contributed by atoms with Crippen molar-refractivity contribution in [3.63, 3.8) is 0 Å². The van der Waals surface area contributed by atoms with E-state index >= 15 is 0 Å². The van der Waals surface area contributed by atoms with Crippen molar-refractivity contribution in [1.29, 1.82) is 0 Å². The van der Waals surface area contributed by atoms with Crippen LogP contribution >= 0.6 is 0 Å². The highest BCUT2D eigenvalue weighted by molar-refractivity contribution is 5.36. The number of rotatable bonds is 3. The highest BCUT2D eigenvalue weighted by Crippen LogP contribution is 2.18. The largest absolute Gasteiger partial charge is 0.387 e. The Morgan fingerprint density at radius 3 is 2.50 bits per heavy atom. The van der Waals surface area contributed by atoms with Crippen LogP contribution in [-0.2, 0) is 6.42 Å². The molecule has 2 aromatic heterocycles. The number of pyridine rings is 1. The highest BCUT2D eigenvalue weighted by Gasteiger charge is 2.11. The van der Waals surface area contributed by atoms with Gasteiger partial charge in [-0.2, -0.15) is 5.10 Å². The molecule has 0 aromatic carbocycles. The van der Waals surface area contributed by atoms with E-state index in [1.54, 1.807) is 13.1 Å². The van der Waals surface area contributed by atoms with Crippen molar-refractivity contribution in [1.82, 2.24) is 14.8 Å². The molecule has 2 aromatic rings. The summed E-state index contributed by atoms with van der Waals surface area (Å²) in [5, 5.41) is 14.0. The molecular weight excluding hydrogens is 226 g/mol. The zero-order valence-corrected chi connectivity index (χ0v) is 11.3. The molecule has 0 saturated carbocycles. The molecule has 0 saturated heterocycles. The van der Waals surface area contributed by atoms with Crippen molar-refractivity contribution in [3.05, 3.63) is 41.0 Å². The van der Waals surface area contributed by atoms with Crippen LogP contribution in [0.5, 0.6) is 0 Å². The van der Waals surface area contributed by atoms with Crippen LogP contribution in [0.25, 0.3) is 5.69 Å². The summed E-state index contributed by atoms with van der Waals surface area (Å²) in [4.78, 5) is 4.25. The third-order valence-electron chi connectivity index (χ3n) is 3.24. The molecule has 0 aliphatic heterocycles. The molecule has 0 radical (unpaired) electrons. The number of aliphatic hydroxyl groups is 1. The van der Waals surface area contributed by atoms with Gasteiger partial charge < -0.3 is 5.11 Å². The fourth-order valence-electron chi connectivity index (χ4n) is 2.21. The number of nitrogens with zero attached hydrogens (tertiary/aromatic N) is 3. The number of aryl methyl sites for hydroxylation is 1. The van der Waals surface area contributed by atoms with Crippen molar-refractivity contribution in [2.45, 2.75) is 40.2 Å². The van der Waals surface area contributed by atoms with Crippen molar-refractivity contribution in [2.24, 2.45) is 0 Å². The molecule has 0 fully saturated rings. The van der Waals surface area contributed by atoms with E-state index < -0.39 is 6.10 Å². The molecule has 0 aliphatic rings. The minimum absolute atomic E-state index is 0.536. The van der Waals surface area contributed by atoms with Gasteiger partial charge in [-0.1, -0.05) is 6.92 Å². The summed E-state index contributed by atoms with van der Waals surface area (Å²) in [7, 11) is 0. The van der Waals surface area contributed by atoms with Gasteiger partial charge in [0.2, 0.25) is 0 Å². The Kier molecular flexibility index (Phi) is 3.48. The molecule has 18 heavy (non-hydrogen) atoms.